The molecule has 0 aromatic heterocycles. The van der Waals surface area contributed by atoms with Crippen molar-refractivity contribution in [1.29, 1.82) is 0 Å². The number of carbonyl (C=O) groups excluding carboxylic acids is 1. The van der Waals surface area contributed by atoms with Gasteiger partial charge in [-0.05, 0) is 68.6 Å². The van der Waals surface area contributed by atoms with E-state index in [2.05, 4.69) is 16.6 Å². The smallest absolute Gasteiger partial charge is 0.218 e. The second-order valence-corrected chi connectivity index (χ2v) is 8.49. The van der Waals surface area contributed by atoms with Crippen molar-refractivity contribution >= 4 is 12.0 Å². The van der Waals surface area contributed by atoms with Crippen LogP contribution in [-0.2, 0) is 20.8 Å². The van der Waals surface area contributed by atoms with E-state index in [0.29, 0.717) is 42.6 Å². The van der Waals surface area contributed by atoms with Crippen molar-refractivity contribution in [2.75, 3.05) is 33.4 Å². The number of aldehydes is 1. The average Bonchev–Trinajstić information content (AvgIpc) is 3.54. The van der Waals surface area contributed by atoms with E-state index in [4.69, 9.17) is 14.3 Å². The molecule has 1 heterocycles. The summed E-state index contributed by atoms with van der Waals surface area (Å²) >= 11 is 0. The second-order valence-electron chi connectivity index (χ2n) is 8.49. The number of hydrogen-bond donors (Lipinski definition) is 0. The molecule has 7 heteroatoms. The Bertz CT molecular complexity index is 790. The Hall–Kier alpha value is -2.41. The van der Waals surface area contributed by atoms with E-state index in [0.717, 1.165) is 49.9 Å². The summed E-state index contributed by atoms with van der Waals surface area (Å²) in [6.45, 7) is 8.78. The van der Waals surface area contributed by atoms with Crippen LogP contribution in [-0.4, -0.2) is 50.3 Å². The Balaban J connectivity index is 1.33. The summed E-state index contributed by atoms with van der Waals surface area (Å²) in [4.78, 5) is 18.1. The number of ether oxygens (including phenoxy) is 2. The van der Waals surface area contributed by atoms with Gasteiger partial charge in [0.1, 0.15) is 17.9 Å². The van der Waals surface area contributed by atoms with Crippen molar-refractivity contribution in [3.8, 4) is 5.75 Å². The molecule has 1 saturated heterocycles. The maximum atomic E-state index is 13.9. The van der Waals surface area contributed by atoms with Crippen LogP contribution in [0, 0.1) is 23.6 Å². The minimum atomic E-state index is -0.384. The number of nitrogens with zero attached hydrogens (tertiary/aromatic N) is 2. The molecule has 1 saturated carbocycles. The van der Waals surface area contributed by atoms with Gasteiger partial charge in [-0.25, -0.2) is 4.39 Å². The molecule has 2 unspecified atom stereocenters. The Kier molecular flexibility index (Phi) is 8.46. The molecule has 170 valence electrons. The first-order chi connectivity index (χ1) is 15.0. The zero-order chi connectivity index (χ0) is 22.2. The normalized spacial score (nSPS) is 21.6. The topological polar surface area (TPSA) is 60.4 Å². The van der Waals surface area contributed by atoms with Crippen LogP contribution in [0.4, 0.5) is 4.39 Å². The van der Waals surface area contributed by atoms with Gasteiger partial charge in [0.15, 0.2) is 0 Å². The molecule has 3 rings (SSSR count). The molecule has 1 aromatic carbocycles. The zero-order valence-corrected chi connectivity index (χ0v) is 18.5. The first-order valence-electron chi connectivity index (χ1n) is 11.0. The first kappa shape index (κ1) is 23.3. The number of halogens is 1. The van der Waals surface area contributed by atoms with Gasteiger partial charge in [0.2, 0.25) is 5.88 Å². The van der Waals surface area contributed by atoms with Gasteiger partial charge in [-0.15, -0.1) is 0 Å². The molecule has 6 nitrogen and oxygen atoms in total. The Morgan fingerprint density at radius 3 is 2.81 bits per heavy atom. The van der Waals surface area contributed by atoms with Crippen molar-refractivity contribution in [2.45, 2.75) is 39.0 Å². The van der Waals surface area contributed by atoms with Gasteiger partial charge in [-0.2, -0.15) is 0 Å². The third-order valence-electron chi connectivity index (χ3n) is 6.22. The van der Waals surface area contributed by atoms with E-state index in [-0.39, 0.29) is 12.2 Å². The largest absolute Gasteiger partial charge is 0.493 e. The standard InChI is InChI=1S/C24H33FN2O4/c1-17(16-29-3)26-31-18(2)27-10-6-19(7-11-27)23-14-21(23)9-13-30-22-5-4-20(8-12-28)24(25)15-22/h4-5,12,15,19,21,23H,2,6-11,13-14,16H2,1,3H3/b26-17+. The Morgan fingerprint density at radius 1 is 1.35 bits per heavy atom. The maximum absolute atomic E-state index is 13.9. The van der Waals surface area contributed by atoms with Gasteiger partial charge in [-0.1, -0.05) is 11.2 Å². The van der Waals surface area contributed by atoms with Crippen LogP contribution in [0.25, 0.3) is 0 Å². The molecule has 0 spiro atoms. The van der Waals surface area contributed by atoms with Crippen LogP contribution in [0.1, 0.15) is 38.2 Å². The fourth-order valence-electron chi connectivity index (χ4n) is 4.38. The predicted octanol–water partition coefficient (Wildman–Crippen LogP) is 4.19. The highest BCUT2D eigenvalue weighted by atomic mass is 19.1. The molecule has 1 aromatic rings. The van der Waals surface area contributed by atoms with Crippen LogP contribution >= 0.6 is 0 Å². The van der Waals surface area contributed by atoms with Crippen LogP contribution in [0.5, 0.6) is 5.75 Å². The van der Waals surface area contributed by atoms with E-state index in [1.807, 2.05) is 6.92 Å². The Labute approximate surface area is 184 Å². The molecular weight excluding hydrogens is 399 g/mol. The lowest BCUT2D eigenvalue weighted by molar-refractivity contribution is -0.107. The van der Waals surface area contributed by atoms with Gasteiger partial charge >= 0.3 is 0 Å². The van der Waals surface area contributed by atoms with Crippen molar-refractivity contribution in [3.05, 3.63) is 42.0 Å². The van der Waals surface area contributed by atoms with E-state index < -0.39 is 0 Å². The molecule has 1 aliphatic carbocycles. The minimum absolute atomic E-state index is 0.0921. The summed E-state index contributed by atoms with van der Waals surface area (Å²) in [6.07, 6.45) is 5.31. The first-order valence-corrected chi connectivity index (χ1v) is 11.0. The number of piperidine rings is 1. The van der Waals surface area contributed by atoms with Crippen LogP contribution < -0.4 is 4.74 Å². The van der Waals surface area contributed by atoms with Crippen molar-refractivity contribution in [2.24, 2.45) is 22.9 Å². The molecular formula is C24H33FN2O4. The summed E-state index contributed by atoms with van der Waals surface area (Å²) in [5.74, 6) is 2.92. The second kappa shape index (κ2) is 11.3. The minimum Gasteiger partial charge on any atom is -0.493 e. The number of hydrogen-bond acceptors (Lipinski definition) is 6. The molecule has 0 N–H and O–H groups in total. The maximum Gasteiger partial charge on any atom is 0.218 e. The lowest BCUT2D eigenvalue weighted by Crippen LogP contribution is -2.34. The van der Waals surface area contributed by atoms with Gasteiger partial charge < -0.3 is 24.0 Å². The highest BCUT2D eigenvalue weighted by Crippen LogP contribution is 2.49. The number of likely N-dealkylation sites (tertiary alicyclic amines) is 1. The fourth-order valence-corrected chi connectivity index (χ4v) is 4.38. The summed E-state index contributed by atoms with van der Waals surface area (Å²) < 4.78 is 24.6. The number of rotatable bonds is 12. The van der Waals surface area contributed by atoms with E-state index in [1.54, 1.807) is 19.2 Å². The summed E-state index contributed by atoms with van der Waals surface area (Å²) in [7, 11) is 1.63. The molecule has 2 aliphatic rings. The summed E-state index contributed by atoms with van der Waals surface area (Å²) in [6, 6.07) is 4.72. The Morgan fingerprint density at radius 2 is 2.13 bits per heavy atom. The number of methoxy groups -OCH3 is 1. The van der Waals surface area contributed by atoms with Crippen molar-refractivity contribution in [1.82, 2.24) is 4.90 Å². The van der Waals surface area contributed by atoms with Crippen LogP contribution in [0.2, 0.25) is 0 Å². The van der Waals surface area contributed by atoms with Crippen molar-refractivity contribution < 1.29 is 23.5 Å². The average molecular weight is 433 g/mol. The quantitative estimate of drug-likeness (QED) is 0.214. The number of benzene rings is 1. The highest BCUT2D eigenvalue weighted by Gasteiger charge is 2.43. The summed E-state index contributed by atoms with van der Waals surface area (Å²) in [5.41, 5.74) is 1.18. The van der Waals surface area contributed by atoms with Gasteiger partial charge in [0, 0.05) is 32.7 Å². The molecule has 31 heavy (non-hydrogen) atoms. The lowest BCUT2D eigenvalue weighted by atomic mass is 9.90. The van der Waals surface area contributed by atoms with Crippen LogP contribution in [0.3, 0.4) is 0 Å². The lowest BCUT2D eigenvalue weighted by Gasteiger charge is -2.33. The summed E-state index contributed by atoms with van der Waals surface area (Å²) in [5, 5.41) is 4.04. The molecule has 0 amide bonds. The molecule has 2 fully saturated rings. The number of oxime groups is 1. The fraction of sp³-hybridized carbons (Fsp3) is 0.583. The van der Waals surface area contributed by atoms with Crippen molar-refractivity contribution in [3.63, 3.8) is 0 Å². The van der Waals surface area contributed by atoms with E-state index >= 15 is 0 Å². The molecule has 0 radical (unpaired) electrons. The highest BCUT2D eigenvalue weighted by molar-refractivity contribution is 5.82. The third-order valence-corrected chi connectivity index (χ3v) is 6.22. The predicted molar refractivity (Wildman–Crippen MR) is 117 cm³/mol. The van der Waals surface area contributed by atoms with E-state index in [1.165, 1.54) is 12.5 Å². The zero-order valence-electron chi connectivity index (χ0n) is 18.5. The van der Waals surface area contributed by atoms with Gasteiger partial charge in [-0.3, -0.25) is 0 Å². The molecule has 1 aliphatic heterocycles. The van der Waals surface area contributed by atoms with Gasteiger partial charge in [0.05, 0.1) is 18.9 Å². The monoisotopic (exact) mass is 432 g/mol. The molecule has 0 bridgehead atoms. The SMILES string of the molecule is C=C(O/N=C(\C)COC)N1CCC(C2CC2CCOc2ccc(CC=O)c(F)c2)CC1. The van der Waals surface area contributed by atoms with Crippen LogP contribution in [0.15, 0.2) is 35.8 Å². The third kappa shape index (κ3) is 6.79. The van der Waals surface area contributed by atoms with Gasteiger partial charge in [0.25, 0.3) is 0 Å². The number of carbonyl (C=O) groups is 1. The molecule has 2 atom stereocenters. The van der Waals surface area contributed by atoms with E-state index in [9.17, 15) is 9.18 Å².